The molecule has 3 rings (SSSR count). The molecule has 2 heterocycles. The fraction of sp³-hybridized carbons (Fsp3) is 0.200. The number of carbonyl (C=O) groups is 1. The fourth-order valence-corrected chi connectivity index (χ4v) is 2.13. The molecule has 0 unspecified atom stereocenters. The molecular weight excluding hydrogens is 268 g/mol. The molecule has 0 saturated carbocycles. The van der Waals surface area contributed by atoms with Crippen LogP contribution in [0.1, 0.15) is 11.4 Å². The van der Waals surface area contributed by atoms with E-state index in [9.17, 15) is 4.79 Å². The number of fused-ring (bicyclic) bond motifs is 1. The van der Waals surface area contributed by atoms with Crippen LogP contribution in [0.4, 0.5) is 0 Å². The molecule has 0 spiro atoms. The maximum absolute atomic E-state index is 11.3. The van der Waals surface area contributed by atoms with Crippen molar-refractivity contribution in [3.8, 4) is 11.3 Å². The lowest BCUT2D eigenvalue weighted by atomic mass is 10.1. The summed E-state index contributed by atoms with van der Waals surface area (Å²) in [6.45, 7) is 2.03. The molecular formula is C15H14N4O2. The number of methoxy groups -OCH3 is 1. The molecule has 0 atom stereocenters. The van der Waals surface area contributed by atoms with Crippen molar-refractivity contribution in [2.24, 2.45) is 0 Å². The minimum absolute atomic E-state index is 0.0348. The van der Waals surface area contributed by atoms with Gasteiger partial charge in [-0.05, 0) is 19.1 Å². The third-order valence-electron chi connectivity index (χ3n) is 3.13. The number of nitrogens with zero attached hydrogens (tertiary/aromatic N) is 4. The van der Waals surface area contributed by atoms with Crippen molar-refractivity contribution in [2.75, 3.05) is 7.11 Å². The van der Waals surface area contributed by atoms with Gasteiger partial charge in [0.1, 0.15) is 6.42 Å². The Balaban J connectivity index is 2.09. The molecule has 6 heteroatoms. The SMILES string of the molecule is COC(=O)Cc1nc2nccc(-c3cccc(C)c3)n2n1. The summed E-state index contributed by atoms with van der Waals surface area (Å²) in [5.41, 5.74) is 3.07. The summed E-state index contributed by atoms with van der Waals surface area (Å²) in [5.74, 6) is 0.491. The summed E-state index contributed by atoms with van der Waals surface area (Å²) in [4.78, 5) is 19.8. The van der Waals surface area contributed by atoms with E-state index in [1.165, 1.54) is 7.11 Å². The van der Waals surface area contributed by atoms with Crippen LogP contribution in [0.5, 0.6) is 0 Å². The van der Waals surface area contributed by atoms with Gasteiger partial charge in [-0.25, -0.2) is 4.98 Å². The van der Waals surface area contributed by atoms with Crippen LogP contribution in [0.15, 0.2) is 36.5 Å². The van der Waals surface area contributed by atoms with Crippen LogP contribution in [0.25, 0.3) is 17.0 Å². The summed E-state index contributed by atoms with van der Waals surface area (Å²) >= 11 is 0. The van der Waals surface area contributed by atoms with Gasteiger partial charge >= 0.3 is 5.97 Å². The number of aromatic nitrogens is 4. The Labute approximate surface area is 121 Å². The minimum Gasteiger partial charge on any atom is -0.469 e. The number of benzene rings is 1. The van der Waals surface area contributed by atoms with Crippen molar-refractivity contribution in [3.63, 3.8) is 0 Å². The van der Waals surface area contributed by atoms with Crippen molar-refractivity contribution in [1.82, 2.24) is 19.6 Å². The lowest BCUT2D eigenvalue weighted by Gasteiger charge is -2.04. The predicted molar refractivity (Wildman–Crippen MR) is 76.7 cm³/mol. The fourth-order valence-electron chi connectivity index (χ4n) is 2.13. The van der Waals surface area contributed by atoms with Gasteiger partial charge < -0.3 is 4.74 Å². The molecule has 0 aliphatic rings. The molecule has 2 aromatic heterocycles. The standard InChI is InChI=1S/C15H14N4O2/c1-10-4-3-5-11(8-10)12-6-7-16-15-17-13(18-19(12)15)9-14(20)21-2/h3-8H,9H2,1-2H3. The Bertz CT molecular complexity index is 810. The first-order valence-electron chi connectivity index (χ1n) is 6.52. The Hall–Kier alpha value is -2.76. The predicted octanol–water partition coefficient (Wildman–Crippen LogP) is 1.82. The maximum Gasteiger partial charge on any atom is 0.313 e. The number of aryl methyl sites for hydroxylation is 1. The molecule has 0 radical (unpaired) electrons. The van der Waals surface area contributed by atoms with E-state index in [1.54, 1.807) is 10.7 Å². The molecule has 0 aliphatic carbocycles. The largest absolute Gasteiger partial charge is 0.469 e. The third-order valence-corrected chi connectivity index (χ3v) is 3.13. The highest BCUT2D eigenvalue weighted by atomic mass is 16.5. The number of esters is 1. The second-order valence-electron chi connectivity index (χ2n) is 4.69. The number of rotatable bonds is 3. The van der Waals surface area contributed by atoms with E-state index in [0.717, 1.165) is 16.8 Å². The van der Waals surface area contributed by atoms with Gasteiger partial charge in [-0.1, -0.05) is 23.8 Å². The van der Waals surface area contributed by atoms with Gasteiger partial charge in [-0.2, -0.15) is 9.50 Å². The van der Waals surface area contributed by atoms with Gasteiger partial charge in [0.25, 0.3) is 5.78 Å². The van der Waals surface area contributed by atoms with E-state index < -0.39 is 0 Å². The average molecular weight is 282 g/mol. The maximum atomic E-state index is 11.3. The summed E-state index contributed by atoms with van der Waals surface area (Å²) in [6, 6.07) is 9.97. The van der Waals surface area contributed by atoms with Crippen LogP contribution in [0.3, 0.4) is 0 Å². The second-order valence-corrected chi connectivity index (χ2v) is 4.69. The van der Waals surface area contributed by atoms with Crippen LogP contribution in [0, 0.1) is 6.92 Å². The van der Waals surface area contributed by atoms with E-state index >= 15 is 0 Å². The van der Waals surface area contributed by atoms with Gasteiger partial charge in [-0.3, -0.25) is 4.79 Å². The van der Waals surface area contributed by atoms with Crippen LogP contribution in [0.2, 0.25) is 0 Å². The molecule has 1 aromatic carbocycles. The number of hydrogen-bond donors (Lipinski definition) is 0. The van der Waals surface area contributed by atoms with Crippen molar-refractivity contribution >= 4 is 11.7 Å². The van der Waals surface area contributed by atoms with Crippen molar-refractivity contribution in [2.45, 2.75) is 13.3 Å². The zero-order valence-corrected chi connectivity index (χ0v) is 11.8. The van der Waals surface area contributed by atoms with Crippen molar-refractivity contribution < 1.29 is 9.53 Å². The topological polar surface area (TPSA) is 69.4 Å². The Morgan fingerprint density at radius 2 is 2.19 bits per heavy atom. The minimum atomic E-state index is -0.372. The summed E-state index contributed by atoms with van der Waals surface area (Å²) in [7, 11) is 1.34. The van der Waals surface area contributed by atoms with Crippen molar-refractivity contribution in [3.05, 3.63) is 47.9 Å². The highest BCUT2D eigenvalue weighted by Gasteiger charge is 2.13. The molecule has 6 nitrogen and oxygen atoms in total. The molecule has 0 bridgehead atoms. The zero-order chi connectivity index (χ0) is 14.8. The first-order chi connectivity index (χ1) is 10.2. The van der Waals surface area contributed by atoms with Crippen LogP contribution < -0.4 is 0 Å². The van der Waals surface area contributed by atoms with E-state index in [-0.39, 0.29) is 12.4 Å². The van der Waals surface area contributed by atoms with Crippen LogP contribution >= 0.6 is 0 Å². The lowest BCUT2D eigenvalue weighted by Crippen LogP contribution is -2.06. The normalized spacial score (nSPS) is 10.8. The molecule has 0 saturated heterocycles. The summed E-state index contributed by atoms with van der Waals surface area (Å²) in [6.07, 6.45) is 1.72. The van der Waals surface area contributed by atoms with Gasteiger partial charge in [0.15, 0.2) is 5.82 Å². The molecule has 0 aliphatic heterocycles. The quantitative estimate of drug-likeness (QED) is 0.685. The molecule has 3 aromatic rings. The molecule has 106 valence electrons. The molecule has 0 amide bonds. The lowest BCUT2D eigenvalue weighted by molar-refractivity contribution is -0.139. The Morgan fingerprint density at radius 3 is 2.95 bits per heavy atom. The summed E-state index contributed by atoms with van der Waals surface area (Å²) in [5, 5.41) is 4.35. The van der Waals surface area contributed by atoms with E-state index in [0.29, 0.717) is 11.6 Å². The monoisotopic (exact) mass is 282 g/mol. The number of ether oxygens (including phenoxy) is 1. The third kappa shape index (κ3) is 2.60. The highest BCUT2D eigenvalue weighted by molar-refractivity contribution is 5.71. The number of hydrogen-bond acceptors (Lipinski definition) is 5. The van der Waals surface area contributed by atoms with E-state index in [2.05, 4.69) is 25.9 Å². The average Bonchev–Trinajstić information content (AvgIpc) is 2.89. The van der Waals surface area contributed by atoms with Crippen LogP contribution in [-0.4, -0.2) is 32.7 Å². The smallest absolute Gasteiger partial charge is 0.313 e. The van der Waals surface area contributed by atoms with Gasteiger partial charge in [-0.15, -0.1) is 5.10 Å². The molecule has 0 N–H and O–H groups in total. The molecule has 21 heavy (non-hydrogen) atoms. The van der Waals surface area contributed by atoms with E-state index in [1.807, 2.05) is 31.2 Å². The Kier molecular flexibility index (Phi) is 3.35. The van der Waals surface area contributed by atoms with Gasteiger partial charge in [0.2, 0.25) is 0 Å². The van der Waals surface area contributed by atoms with E-state index in [4.69, 9.17) is 0 Å². The van der Waals surface area contributed by atoms with Gasteiger partial charge in [0, 0.05) is 11.8 Å². The van der Waals surface area contributed by atoms with Gasteiger partial charge in [0.05, 0.1) is 12.8 Å². The highest BCUT2D eigenvalue weighted by Crippen LogP contribution is 2.20. The second kappa shape index (κ2) is 5.32. The number of carbonyl (C=O) groups excluding carboxylic acids is 1. The Morgan fingerprint density at radius 1 is 1.33 bits per heavy atom. The zero-order valence-electron chi connectivity index (χ0n) is 11.8. The molecule has 0 fully saturated rings. The summed E-state index contributed by atoms with van der Waals surface area (Å²) < 4.78 is 6.28. The van der Waals surface area contributed by atoms with Crippen LogP contribution in [-0.2, 0) is 16.0 Å². The first kappa shape index (κ1) is 13.2. The first-order valence-corrected chi connectivity index (χ1v) is 6.52. The van der Waals surface area contributed by atoms with Crippen molar-refractivity contribution in [1.29, 1.82) is 0 Å².